The van der Waals surface area contributed by atoms with E-state index in [9.17, 15) is 9.90 Å². The molecule has 1 N–H and O–H groups in total. The molecule has 0 saturated carbocycles. The highest BCUT2D eigenvalue weighted by atomic mass is 16.7. The molecule has 0 radical (unpaired) electrons. The Morgan fingerprint density at radius 1 is 1.07 bits per heavy atom. The van der Waals surface area contributed by atoms with Gasteiger partial charge in [-0.05, 0) is 40.6 Å². The van der Waals surface area contributed by atoms with E-state index in [0.29, 0.717) is 17.1 Å². The van der Waals surface area contributed by atoms with Crippen molar-refractivity contribution in [1.82, 2.24) is 0 Å². The van der Waals surface area contributed by atoms with Gasteiger partial charge in [0.15, 0.2) is 18.3 Å². The summed E-state index contributed by atoms with van der Waals surface area (Å²) in [5.41, 5.74) is 2.68. The standard InChI is InChI=1S/C24H24O5/c1-4-16-11-8-12-19-18(13-20(24(25)26)17-9-6-5-7-10-17)14-21(28-3)23(22(16)19)29-15-27-2/h5-14H,4,15H2,1-3H3,(H,25,26)/b20-13+. The van der Waals surface area contributed by atoms with Gasteiger partial charge in [-0.3, -0.25) is 0 Å². The number of benzene rings is 3. The number of methoxy groups -OCH3 is 2. The van der Waals surface area contributed by atoms with Crippen LogP contribution in [0.2, 0.25) is 0 Å². The lowest BCUT2D eigenvalue weighted by Crippen LogP contribution is -2.04. The van der Waals surface area contributed by atoms with Gasteiger partial charge >= 0.3 is 5.97 Å². The summed E-state index contributed by atoms with van der Waals surface area (Å²) in [5, 5.41) is 11.6. The van der Waals surface area contributed by atoms with E-state index in [1.807, 2.05) is 36.4 Å². The number of carboxylic acid groups (broad SMARTS) is 1. The summed E-state index contributed by atoms with van der Waals surface area (Å²) < 4.78 is 16.5. The lowest BCUT2D eigenvalue weighted by molar-refractivity contribution is -0.130. The van der Waals surface area contributed by atoms with Gasteiger partial charge in [-0.1, -0.05) is 55.5 Å². The largest absolute Gasteiger partial charge is 0.493 e. The van der Waals surface area contributed by atoms with Gasteiger partial charge in [-0.25, -0.2) is 4.79 Å². The van der Waals surface area contributed by atoms with Crippen molar-refractivity contribution in [2.45, 2.75) is 13.3 Å². The van der Waals surface area contributed by atoms with Crippen LogP contribution in [0.4, 0.5) is 0 Å². The number of aliphatic carboxylic acids is 1. The average molecular weight is 392 g/mol. The first kappa shape index (κ1) is 20.4. The monoisotopic (exact) mass is 392 g/mol. The van der Waals surface area contributed by atoms with E-state index >= 15 is 0 Å². The van der Waals surface area contributed by atoms with Crippen LogP contribution in [0.5, 0.6) is 11.5 Å². The zero-order valence-electron chi connectivity index (χ0n) is 16.8. The van der Waals surface area contributed by atoms with Crippen molar-refractivity contribution in [1.29, 1.82) is 0 Å². The third-order valence-corrected chi connectivity index (χ3v) is 4.74. The van der Waals surface area contributed by atoms with E-state index in [1.165, 1.54) is 0 Å². The number of hydrogen-bond acceptors (Lipinski definition) is 4. The van der Waals surface area contributed by atoms with Gasteiger partial charge in [0, 0.05) is 12.5 Å². The van der Waals surface area contributed by atoms with Crippen LogP contribution >= 0.6 is 0 Å². The van der Waals surface area contributed by atoms with Crippen LogP contribution in [0, 0.1) is 0 Å². The topological polar surface area (TPSA) is 65.0 Å². The van der Waals surface area contributed by atoms with Crippen molar-refractivity contribution in [3.63, 3.8) is 0 Å². The van der Waals surface area contributed by atoms with Crippen molar-refractivity contribution in [3.8, 4) is 11.5 Å². The summed E-state index contributed by atoms with van der Waals surface area (Å²) in [6.07, 6.45) is 2.48. The van der Waals surface area contributed by atoms with Crippen molar-refractivity contribution in [3.05, 3.63) is 71.3 Å². The van der Waals surface area contributed by atoms with Gasteiger partial charge in [-0.15, -0.1) is 0 Å². The molecule has 3 rings (SSSR count). The van der Waals surface area contributed by atoms with Gasteiger partial charge < -0.3 is 19.3 Å². The van der Waals surface area contributed by atoms with Gasteiger partial charge in [0.2, 0.25) is 0 Å². The molecule has 0 bridgehead atoms. The number of rotatable bonds is 8. The molecule has 0 fully saturated rings. The first-order chi connectivity index (χ1) is 14.1. The third kappa shape index (κ3) is 4.25. The van der Waals surface area contributed by atoms with Crippen LogP contribution in [0.3, 0.4) is 0 Å². The molecule has 0 aliphatic heterocycles. The molecule has 0 aliphatic carbocycles. The Morgan fingerprint density at radius 3 is 2.45 bits per heavy atom. The van der Waals surface area contributed by atoms with Gasteiger partial charge in [0.05, 0.1) is 12.7 Å². The van der Waals surface area contributed by atoms with Crippen molar-refractivity contribution >= 4 is 28.4 Å². The van der Waals surface area contributed by atoms with E-state index in [4.69, 9.17) is 14.2 Å². The van der Waals surface area contributed by atoms with Gasteiger partial charge in [0.1, 0.15) is 0 Å². The van der Waals surface area contributed by atoms with E-state index in [2.05, 4.69) is 6.92 Å². The molecule has 150 valence electrons. The lowest BCUT2D eigenvalue weighted by Gasteiger charge is -2.17. The minimum Gasteiger partial charge on any atom is -0.493 e. The Hall–Kier alpha value is -3.31. The quantitative estimate of drug-likeness (QED) is 0.331. The van der Waals surface area contributed by atoms with Crippen molar-refractivity contribution in [2.24, 2.45) is 0 Å². The fraction of sp³-hybridized carbons (Fsp3) is 0.208. The Bertz CT molecular complexity index is 1040. The second-order valence-electron chi connectivity index (χ2n) is 6.47. The Labute approximate surface area is 170 Å². The van der Waals surface area contributed by atoms with Crippen molar-refractivity contribution in [2.75, 3.05) is 21.0 Å². The molecule has 0 amide bonds. The molecule has 0 unspecified atom stereocenters. The summed E-state index contributed by atoms with van der Waals surface area (Å²) in [5.74, 6) is 0.129. The lowest BCUT2D eigenvalue weighted by atomic mass is 9.94. The molecule has 0 aliphatic rings. The molecule has 3 aromatic carbocycles. The van der Waals surface area contributed by atoms with Crippen LogP contribution < -0.4 is 9.47 Å². The zero-order chi connectivity index (χ0) is 20.8. The molecule has 3 aromatic rings. The van der Waals surface area contributed by atoms with Crippen LogP contribution in [0.25, 0.3) is 22.4 Å². The molecule has 5 heteroatoms. The smallest absolute Gasteiger partial charge is 0.336 e. The van der Waals surface area contributed by atoms with Crippen LogP contribution in [-0.4, -0.2) is 32.1 Å². The minimum atomic E-state index is -0.991. The van der Waals surface area contributed by atoms with Gasteiger partial charge in [0.25, 0.3) is 0 Å². The number of aryl methyl sites for hydroxylation is 1. The first-order valence-corrected chi connectivity index (χ1v) is 9.35. The molecule has 0 saturated heterocycles. The highest BCUT2D eigenvalue weighted by Gasteiger charge is 2.18. The van der Waals surface area contributed by atoms with E-state index in [1.54, 1.807) is 38.5 Å². The van der Waals surface area contributed by atoms with E-state index in [-0.39, 0.29) is 12.4 Å². The molecule has 5 nitrogen and oxygen atoms in total. The second kappa shape index (κ2) is 9.26. The third-order valence-electron chi connectivity index (χ3n) is 4.74. The molecule has 0 heterocycles. The normalized spacial score (nSPS) is 11.5. The van der Waals surface area contributed by atoms with Crippen LogP contribution in [0.15, 0.2) is 54.6 Å². The van der Waals surface area contributed by atoms with Crippen molar-refractivity contribution < 1.29 is 24.1 Å². The first-order valence-electron chi connectivity index (χ1n) is 9.35. The Balaban J connectivity index is 2.32. The highest BCUT2D eigenvalue weighted by Crippen LogP contribution is 2.41. The maximum Gasteiger partial charge on any atom is 0.336 e. The minimum absolute atomic E-state index is 0.0864. The summed E-state index contributed by atoms with van der Waals surface area (Å²) in [6.45, 7) is 2.15. The van der Waals surface area contributed by atoms with Gasteiger partial charge in [-0.2, -0.15) is 0 Å². The molecular weight excluding hydrogens is 368 g/mol. The molecular formula is C24H24O5. The van der Waals surface area contributed by atoms with Crippen LogP contribution in [0.1, 0.15) is 23.6 Å². The van der Waals surface area contributed by atoms with E-state index < -0.39 is 5.97 Å². The summed E-state index contributed by atoms with van der Waals surface area (Å²) in [6, 6.07) is 16.8. The number of carbonyl (C=O) groups is 1. The summed E-state index contributed by atoms with van der Waals surface area (Å²) in [4.78, 5) is 12.0. The summed E-state index contributed by atoms with van der Waals surface area (Å²) in [7, 11) is 3.13. The fourth-order valence-electron chi connectivity index (χ4n) is 3.39. The Morgan fingerprint density at radius 2 is 1.83 bits per heavy atom. The summed E-state index contributed by atoms with van der Waals surface area (Å²) >= 11 is 0. The molecule has 0 aromatic heterocycles. The second-order valence-corrected chi connectivity index (χ2v) is 6.47. The number of carboxylic acids is 1. The fourth-order valence-corrected chi connectivity index (χ4v) is 3.39. The van der Waals surface area contributed by atoms with E-state index in [0.717, 1.165) is 28.3 Å². The Kier molecular flexibility index (Phi) is 6.52. The maximum atomic E-state index is 12.0. The predicted octanol–water partition coefficient (Wildman–Crippen LogP) is 5.02. The average Bonchev–Trinajstić information content (AvgIpc) is 2.75. The molecule has 0 atom stereocenters. The molecule has 29 heavy (non-hydrogen) atoms. The zero-order valence-corrected chi connectivity index (χ0v) is 16.8. The molecule has 0 spiro atoms. The SMILES string of the molecule is CCc1cccc2c(/C=C(/C(=O)O)c3ccccc3)cc(OC)c(OCOC)c12. The number of hydrogen-bond donors (Lipinski definition) is 1. The maximum absolute atomic E-state index is 12.0. The number of ether oxygens (including phenoxy) is 3. The predicted molar refractivity (Wildman–Crippen MR) is 114 cm³/mol. The number of fused-ring (bicyclic) bond motifs is 1. The highest BCUT2D eigenvalue weighted by molar-refractivity contribution is 6.21. The van der Waals surface area contributed by atoms with Crippen LogP contribution in [-0.2, 0) is 16.0 Å².